The molecule has 3 heterocycles. The number of aryl methyl sites for hydroxylation is 1. The fraction of sp³-hybridized carbons (Fsp3) is 0.391. The zero-order chi connectivity index (χ0) is 25.8. The smallest absolute Gasteiger partial charge is 0.490 e. The zero-order valence-electron chi connectivity index (χ0n) is 19.2. The molecule has 1 fully saturated rings. The Morgan fingerprint density at radius 2 is 1.77 bits per heavy atom. The van der Waals surface area contributed by atoms with Crippen molar-refractivity contribution in [2.45, 2.75) is 19.0 Å². The molecule has 9 nitrogen and oxygen atoms in total. The minimum Gasteiger partial charge on any atom is -0.507 e. The Morgan fingerprint density at radius 3 is 2.34 bits per heavy atom. The second-order valence-corrected chi connectivity index (χ2v) is 8.32. The number of carboxylic acids is 1. The van der Waals surface area contributed by atoms with Crippen LogP contribution in [0.1, 0.15) is 23.2 Å². The molecule has 3 aromatic rings. The van der Waals surface area contributed by atoms with Gasteiger partial charge in [0.25, 0.3) is 5.91 Å². The summed E-state index contributed by atoms with van der Waals surface area (Å²) in [5, 5.41) is 22.2. The number of benzene rings is 1. The number of nitrogens with zero attached hydrogens (tertiary/aromatic N) is 5. The Morgan fingerprint density at radius 1 is 1.17 bits per heavy atom. The second-order valence-electron chi connectivity index (χ2n) is 8.32. The van der Waals surface area contributed by atoms with Crippen molar-refractivity contribution >= 4 is 28.5 Å². The average Bonchev–Trinajstić information content (AvgIpc) is 3.20. The second kappa shape index (κ2) is 10.6. The number of hydrogen-bond acceptors (Lipinski definition) is 6. The van der Waals surface area contributed by atoms with Crippen LogP contribution in [-0.4, -0.2) is 74.6 Å². The molecular formula is C23H26F3N5O4. The summed E-state index contributed by atoms with van der Waals surface area (Å²) in [6, 6.07) is 7.41. The number of hydrogen-bond donors (Lipinski definition) is 2. The number of alkyl halides is 3. The third-order valence-corrected chi connectivity index (χ3v) is 5.86. The lowest BCUT2D eigenvalue weighted by Gasteiger charge is -2.35. The molecule has 0 radical (unpaired) electrons. The van der Waals surface area contributed by atoms with Crippen LogP contribution in [0.3, 0.4) is 0 Å². The minimum atomic E-state index is -5.08. The Balaban J connectivity index is 0.000000429. The standard InChI is InChI=1S/C21H25N5O2.C2HF3O2/c1-24(14-15-5-9-26(10-6-15)17-3-7-22-8-4-17)21(28)16-11-19-18(20(27)12-16)13-23-25(19)2;3-2(4,5)1(6)7/h3-4,7-8,11-13,15,27H,5-6,9-10,14H2,1-2H3;(H,6,7). The van der Waals surface area contributed by atoms with Gasteiger partial charge >= 0.3 is 12.1 Å². The first-order chi connectivity index (χ1) is 16.5. The average molecular weight is 493 g/mol. The van der Waals surface area contributed by atoms with Crippen molar-refractivity contribution in [3.05, 3.63) is 48.4 Å². The number of fused-ring (bicyclic) bond motifs is 1. The maximum absolute atomic E-state index is 12.9. The number of carboxylic acid groups (broad SMARTS) is 1. The number of phenolic OH excluding ortho intramolecular Hbond substituents is 1. The minimum absolute atomic E-state index is 0.0741. The molecule has 1 amide bonds. The zero-order valence-corrected chi connectivity index (χ0v) is 19.2. The van der Waals surface area contributed by atoms with Gasteiger partial charge in [0, 0.05) is 57.4 Å². The summed E-state index contributed by atoms with van der Waals surface area (Å²) in [4.78, 5) is 30.0. The van der Waals surface area contributed by atoms with Gasteiger partial charge in [0.05, 0.1) is 17.1 Å². The Labute approximate surface area is 199 Å². The largest absolute Gasteiger partial charge is 0.507 e. The topological polar surface area (TPSA) is 112 Å². The maximum Gasteiger partial charge on any atom is 0.490 e. The first-order valence-corrected chi connectivity index (χ1v) is 10.8. The highest BCUT2D eigenvalue weighted by Gasteiger charge is 2.38. The fourth-order valence-electron chi connectivity index (χ4n) is 3.97. The van der Waals surface area contributed by atoms with Gasteiger partial charge in [0.15, 0.2) is 0 Å². The van der Waals surface area contributed by atoms with Gasteiger partial charge in [-0.05, 0) is 43.0 Å². The number of rotatable bonds is 4. The van der Waals surface area contributed by atoms with Crippen LogP contribution in [-0.2, 0) is 11.8 Å². The number of halogens is 3. The molecule has 0 bridgehead atoms. The highest BCUT2D eigenvalue weighted by molar-refractivity contribution is 5.99. The number of amides is 1. The third-order valence-electron chi connectivity index (χ3n) is 5.86. The predicted molar refractivity (Wildman–Crippen MR) is 122 cm³/mol. The van der Waals surface area contributed by atoms with Crippen LogP contribution in [0.15, 0.2) is 42.9 Å². The van der Waals surface area contributed by atoms with Crippen LogP contribution in [0.25, 0.3) is 10.9 Å². The SMILES string of the molecule is CN(CC1CCN(c2ccncc2)CC1)C(=O)c1cc(O)c2cnn(C)c2c1.O=C(O)C(F)(F)F. The molecule has 0 atom stereocenters. The number of anilines is 1. The van der Waals surface area contributed by atoms with E-state index in [-0.39, 0.29) is 11.7 Å². The lowest BCUT2D eigenvalue weighted by molar-refractivity contribution is -0.192. The maximum atomic E-state index is 12.9. The van der Waals surface area contributed by atoms with Gasteiger partial charge in [-0.25, -0.2) is 4.79 Å². The van der Waals surface area contributed by atoms with Crippen LogP contribution in [0.4, 0.5) is 18.9 Å². The number of aliphatic carboxylic acids is 1. The highest BCUT2D eigenvalue weighted by atomic mass is 19.4. The van der Waals surface area contributed by atoms with E-state index in [0.29, 0.717) is 23.4 Å². The number of phenols is 1. The van der Waals surface area contributed by atoms with Crippen LogP contribution in [0.5, 0.6) is 5.75 Å². The molecule has 4 rings (SSSR count). The summed E-state index contributed by atoms with van der Waals surface area (Å²) in [6.45, 7) is 2.68. The van der Waals surface area contributed by atoms with E-state index in [0.717, 1.165) is 31.4 Å². The highest BCUT2D eigenvalue weighted by Crippen LogP contribution is 2.27. The molecule has 35 heavy (non-hydrogen) atoms. The number of aromatic hydroxyl groups is 1. The van der Waals surface area contributed by atoms with Crippen molar-refractivity contribution in [3.63, 3.8) is 0 Å². The molecule has 188 valence electrons. The normalized spacial score (nSPS) is 14.4. The Hall–Kier alpha value is -3.83. The number of pyridine rings is 1. The van der Waals surface area contributed by atoms with Gasteiger partial charge in [-0.3, -0.25) is 14.5 Å². The number of carbonyl (C=O) groups is 2. The van der Waals surface area contributed by atoms with Crippen LogP contribution in [0.2, 0.25) is 0 Å². The van der Waals surface area contributed by atoms with E-state index in [9.17, 15) is 23.1 Å². The summed E-state index contributed by atoms with van der Waals surface area (Å²) in [5.41, 5.74) is 2.45. The molecule has 0 saturated carbocycles. The van der Waals surface area contributed by atoms with E-state index in [1.54, 1.807) is 28.9 Å². The van der Waals surface area contributed by atoms with Crippen molar-refractivity contribution in [2.24, 2.45) is 13.0 Å². The lowest BCUT2D eigenvalue weighted by atomic mass is 9.95. The molecule has 1 saturated heterocycles. The molecule has 0 aliphatic carbocycles. The van der Waals surface area contributed by atoms with Crippen molar-refractivity contribution < 1.29 is 33.0 Å². The van der Waals surface area contributed by atoms with Crippen LogP contribution in [0, 0.1) is 5.92 Å². The summed E-state index contributed by atoms with van der Waals surface area (Å²) in [7, 11) is 3.64. The van der Waals surface area contributed by atoms with Gasteiger partial charge in [0.2, 0.25) is 0 Å². The monoisotopic (exact) mass is 493 g/mol. The first-order valence-electron chi connectivity index (χ1n) is 10.8. The van der Waals surface area contributed by atoms with Gasteiger partial charge in [0.1, 0.15) is 5.75 Å². The van der Waals surface area contributed by atoms with Gasteiger partial charge in [-0.15, -0.1) is 0 Å². The number of aromatic nitrogens is 3. The predicted octanol–water partition coefficient (Wildman–Crippen LogP) is 3.30. The molecule has 1 aliphatic rings. The Kier molecular flexibility index (Phi) is 7.82. The molecule has 1 aromatic carbocycles. The molecule has 2 aromatic heterocycles. The van der Waals surface area contributed by atoms with Gasteiger partial charge < -0.3 is 20.0 Å². The van der Waals surface area contributed by atoms with Crippen molar-refractivity contribution in [3.8, 4) is 5.75 Å². The molecule has 1 aliphatic heterocycles. The molecule has 12 heteroatoms. The van der Waals surface area contributed by atoms with Crippen molar-refractivity contribution in [1.29, 1.82) is 0 Å². The quantitative estimate of drug-likeness (QED) is 0.574. The summed E-state index contributed by atoms with van der Waals surface area (Å²) >= 11 is 0. The number of piperidine rings is 1. The van der Waals surface area contributed by atoms with E-state index >= 15 is 0 Å². The lowest BCUT2D eigenvalue weighted by Crippen LogP contribution is -2.39. The van der Waals surface area contributed by atoms with Gasteiger partial charge in [-0.2, -0.15) is 18.3 Å². The van der Waals surface area contributed by atoms with E-state index in [2.05, 4.69) is 15.0 Å². The summed E-state index contributed by atoms with van der Waals surface area (Å²) < 4.78 is 33.4. The molecule has 2 N–H and O–H groups in total. The van der Waals surface area contributed by atoms with E-state index < -0.39 is 12.1 Å². The fourth-order valence-corrected chi connectivity index (χ4v) is 3.97. The number of carbonyl (C=O) groups excluding carboxylic acids is 1. The molecular weight excluding hydrogens is 467 g/mol. The third kappa shape index (κ3) is 6.40. The van der Waals surface area contributed by atoms with E-state index in [1.165, 1.54) is 11.8 Å². The van der Waals surface area contributed by atoms with Gasteiger partial charge in [-0.1, -0.05) is 0 Å². The van der Waals surface area contributed by atoms with Crippen LogP contribution < -0.4 is 4.90 Å². The van der Waals surface area contributed by atoms with E-state index in [4.69, 9.17) is 9.90 Å². The summed E-state index contributed by atoms with van der Waals surface area (Å²) in [5.74, 6) is -2.27. The molecule has 0 unspecified atom stereocenters. The first kappa shape index (κ1) is 25.8. The molecule has 0 spiro atoms. The Bertz CT molecular complexity index is 1180. The summed E-state index contributed by atoms with van der Waals surface area (Å²) in [6.07, 6.45) is 2.27. The van der Waals surface area contributed by atoms with Crippen molar-refractivity contribution in [2.75, 3.05) is 31.6 Å². The van der Waals surface area contributed by atoms with Crippen LogP contribution >= 0.6 is 0 Å². The van der Waals surface area contributed by atoms with Crippen molar-refractivity contribution in [1.82, 2.24) is 19.7 Å². The van der Waals surface area contributed by atoms with E-state index in [1.807, 2.05) is 31.6 Å².